The maximum atomic E-state index is 11.7. The van der Waals surface area contributed by atoms with Gasteiger partial charge in [0.1, 0.15) is 6.61 Å². The van der Waals surface area contributed by atoms with Gasteiger partial charge in [-0.1, -0.05) is 24.3 Å². The van der Waals surface area contributed by atoms with E-state index in [1.54, 1.807) is 0 Å². The van der Waals surface area contributed by atoms with Crippen molar-refractivity contribution in [1.82, 2.24) is 10.6 Å². The van der Waals surface area contributed by atoms with E-state index in [1.807, 2.05) is 38.1 Å². The first-order chi connectivity index (χ1) is 8.59. The Balaban J connectivity index is 1.73. The van der Waals surface area contributed by atoms with Gasteiger partial charge in [0, 0.05) is 19.6 Å². The fraction of sp³-hybridized carbons (Fsp3) is 0.500. The van der Waals surface area contributed by atoms with Crippen molar-refractivity contribution >= 4 is 5.91 Å². The topological polar surface area (TPSA) is 50.4 Å². The molecule has 2 N–H and O–H groups in total. The monoisotopic (exact) mass is 248 g/mol. The molecule has 0 atom stereocenters. The van der Waals surface area contributed by atoms with E-state index >= 15 is 0 Å². The molecule has 4 nitrogen and oxygen atoms in total. The van der Waals surface area contributed by atoms with Crippen molar-refractivity contribution in [2.24, 2.45) is 0 Å². The normalized spacial score (nSPS) is 17.0. The molecule has 1 heterocycles. The number of aryl methyl sites for hydroxylation is 1. The van der Waals surface area contributed by atoms with Gasteiger partial charge in [-0.05, 0) is 25.0 Å². The number of benzene rings is 1. The van der Waals surface area contributed by atoms with Gasteiger partial charge >= 0.3 is 0 Å². The molecule has 1 amide bonds. The zero-order chi connectivity index (χ0) is 13.0. The third-order valence-electron chi connectivity index (χ3n) is 3.29. The van der Waals surface area contributed by atoms with Crippen molar-refractivity contribution in [2.45, 2.75) is 26.0 Å². The summed E-state index contributed by atoms with van der Waals surface area (Å²) in [7, 11) is 0. The van der Waals surface area contributed by atoms with Crippen LogP contribution in [0, 0.1) is 6.92 Å². The SMILES string of the molecule is Cc1ccccc1CNC(=O)COC1(C)CNC1. The maximum absolute atomic E-state index is 11.7. The molecule has 0 aromatic heterocycles. The molecule has 0 radical (unpaired) electrons. The van der Waals surface area contributed by atoms with Crippen LogP contribution in [0.25, 0.3) is 0 Å². The summed E-state index contributed by atoms with van der Waals surface area (Å²) in [6, 6.07) is 8.03. The van der Waals surface area contributed by atoms with E-state index in [1.165, 1.54) is 5.56 Å². The molecule has 98 valence electrons. The Hall–Kier alpha value is -1.39. The molecule has 0 aliphatic carbocycles. The van der Waals surface area contributed by atoms with Crippen molar-refractivity contribution in [2.75, 3.05) is 19.7 Å². The van der Waals surface area contributed by atoms with Gasteiger partial charge in [0.25, 0.3) is 0 Å². The highest BCUT2D eigenvalue weighted by molar-refractivity contribution is 5.77. The predicted molar refractivity (Wildman–Crippen MR) is 70.3 cm³/mol. The zero-order valence-electron chi connectivity index (χ0n) is 11.0. The number of carbonyl (C=O) groups excluding carboxylic acids is 1. The van der Waals surface area contributed by atoms with Gasteiger partial charge in [0.2, 0.25) is 5.91 Å². The van der Waals surface area contributed by atoms with E-state index in [9.17, 15) is 4.79 Å². The largest absolute Gasteiger partial charge is 0.363 e. The van der Waals surface area contributed by atoms with Crippen molar-refractivity contribution in [3.8, 4) is 0 Å². The fourth-order valence-electron chi connectivity index (χ4n) is 1.87. The highest BCUT2D eigenvalue weighted by Gasteiger charge is 2.32. The van der Waals surface area contributed by atoms with Crippen molar-refractivity contribution in [3.63, 3.8) is 0 Å². The molecule has 0 saturated carbocycles. The molecule has 1 saturated heterocycles. The average Bonchev–Trinajstić information content (AvgIpc) is 2.33. The second-order valence-corrected chi connectivity index (χ2v) is 5.05. The Morgan fingerprint density at radius 3 is 2.78 bits per heavy atom. The van der Waals surface area contributed by atoms with Crippen LogP contribution in [-0.2, 0) is 16.1 Å². The lowest BCUT2D eigenvalue weighted by molar-refractivity contribution is -0.136. The molecular weight excluding hydrogens is 228 g/mol. The van der Waals surface area contributed by atoms with Crippen LogP contribution in [0.4, 0.5) is 0 Å². The molecule has 0 bridgehead atoms. The number of nitrogens with one attached hydrogen (secondary N) is 2. The fourth-order valence-corrected chi connectivity index (χ4v) is 1.87. The van der Waals surface area contributed by atoms with E-state index < -0.39 is 0 Å². The molecule has 1 aromatic carbocycles. The Bertz CT molecular complexity index is 428. The van der Waals surface area contributed by atoms with E-state index in [0.717, 1.165) is 18.7 Å². The van der Waals surface area contributed by atoms with Gasteiger partial charge in [0.15, 0.2) is 0 Å². The van der Waals surface area contributed by atoms with Crippen LogP contribution in [0.15, 0.2) is 24.3 Å². The smallest absolute Gasteiger partial charge is 0.246 e. The minimum atomic E-state index is -0.167. The van der Waals surface area contributed by atoms with Crippen LogP contribution in [0.5, 0.6) is 0 Å². The van der Waals surface area contributed by atoms with E-state index in [4.69, 9.17) is 4.74 Å². The average molecular weight is 248 g/mol. The first-order valence-electron chi connectivity index (χ1n) is 6.25. The van der Waals surface area contributed by atoms with Gasteiger partial charge in [-0.15, -0.1) is 0 Å². The Morgan fingerprint density at radius 1 is 1.44 bits per heavy atom. The number of ether oxygens (including phenoxy) is 1. The number of hydrogen-bond donors (Lipinski definition) is 2. The zero-order valence-corrected chi connectivity index (χ0v) is 11.0. The summed E-state index contributed by atoms with van der Waals surface area (Å²) in [5.74, 6) is -0.0635. The molecule has 1 aliphatic rings. The summed E-state index contributed by atoms with van der Waals surface area (Å²) in [5, 5.41) is 6.01. The standard InChI is InChI=1S/C14H20N2O2/c1-11-5-3-4-6-12(11)7-16-13(17)8-18-14(2)9-15-10-14/h3-6,15H,7-10H2,1-2H3,(H,16,17). The Kier molecular flexibility index (Phi) is 3.99. The van der Waals surface area contributed by atoms with E-state index in [0.29, 0.717) is 6.54 Å². The third-order valence-corrected chi connectivity index (χ3v) is 3.29. The first-order valence-corrected chi connectivity index (χ1v) is 6.25. The summed E-state index contributed by atoms with van der Waals surface area (Å²) >= 11 is 0. The van der Waals surface area contributed by atoms with Crippen LogP contribution in [0.3, 0.4) is 0 Å². The van der Waals surface area contributed by atoms with Gasteiger partial charge < -0.3 is 15.4 Å². The first kappa shape index (κ1) is 13.1. The highest BCUT2D eigenvalue weighted by Crippen LogP contribution is 2.14. The van der Waals surface area contributed by atoms with Gasteiger partial charge in [-0.2, -0.15) is 0 Å². The molecule has 4 heteroatoms. The highest BCUT2D eigenvalue weighted by atomic mass is 16.5. The van der Waals surface area contributed by atoms with Crippen molar-refractivity contribution < 1.29 is 9.53 Å². The second-order valence-electron chi connectivity index (χ2n) is 5.05. The minimum Gasteiger partial charge on any atom is -0.363 e. The van der Waals surface area contributed by atoms with Crippen LogP contribution < -0.4 is 10.6 Å². The van der Waals surface area contributed by atoms with Crippen molar-refractivity contribution in [1.29, 1.82) is 0 Å². The summed E-state index contributed by atoms with van der Waals surface area (Å²) in [5.41, 5.74) is 2.16. The number of hydrogen-bond acceptors (Lipinski definition) is 3. The molecule has 2 rings (SSSR count). The van der Waals surface area contributed by atoms with Crippen molar-refractivity contribution in [3.05, 3.63) is 35.4 Å². The lowest BCUT2D eigenvalue weighted by atomic mass is 10.0. The number of rotatable bonds is 5. The molecule has 1 fully saturated rings. The molecule has 0 spiro atoms. The lowest BCUT2D eigenvalue weighted by Gasteiger charge is -2.38. The molecule has 1 aromatic rings. The molecule has 18 heavy (non-hydrogen) atoms. The Labute approximate surface area is 108 Å². The van der Waals surface area contributed by atoms with Gasteiger partial charge in [0.05, 0.1) is 5.60 Å². The molecular formula is C14H20N2O2. The van der Waals surface area contributed by atoms with Crippen LogP contribution in [0.1, 0.15) is 18.1 Å². The van der Waals surface area contributed by atoms with Gasteiger partial charge in [-0.25, -0.2) is 0 Å². The maximum Gasteiger partial charge on any atom is 0.246 e. The van der Waals surface area contributed by atoms with Crippen LogP contribution in [0.2, 0.25) is 0 Å². The van der Waals surface area contributed by atoms with E-state index in [-0.39, 0.29) is 18.1 Å². The van der Waals surface area contributed by atoms with Crippen LogP contribution >= 0.6 is 0 Å². The minimum absolute atomic E-state index is 0.0635. The summed E-state index contributed by atoms with van der Waals surface area (Å²) in [6.07, 6.45) is 0. The predicted octanol–water partition coefficient (Wildman–Crippen LogP) is 0.990. The van der Waals surface area contributed by atoms with E-state index in [2.05, 4.69) is 10.6 Å². The summed E-state index contributed by atoms with van der Waals surface area (Å²) in [4.78, 5) is 11.7. The lowest BCUT2D eigenvalue weighted by Crippen LogP contribution is -2.59. The third kappa shape index (κ3) is 3.31. The molecule has 0 unspecified atom stereocenters. The van der Waals surface area contributed by atoms with Crippen LogP contribution in [-0.4, -0.2) is 31.2 Å². The summed E-state index contributed by atoms with van der Waals surface area (Å²) in [6.45, 7) is 6.38. The number of amides is 1. The summed E-state index contributed by atoms with van der Waals surface area (Å²) < 4.78 is 5.57. The second kappa shape index (κ2) is 5.50. The Morgan fingerprint density at radius 2 is 2.17 bits per heavy atom. The number of carbonyl (C=O) groups is 1. The quantitative estimate of drug-likeness (QED) is 0.817. The molecule has 1 aliphatic heterocycles. The van der Waals surface area contributed by atoms with Gasteiger partial charge in [-0.3, -0.25) is 4.79 Å².